The van der Waals surface area contributed by atoms with Crippen LogP contribution in [0.15, 0.2) is 35.1 Å². The molecule has 2 N–H and O–H groups in total. The van der Waals surface area contributed by atoms with Gasteiger partial charge in [-0.2, -0.15) is 0 Å². The maximum Gasteiger partial charge on any atom is 0.412 e. The van der Waals surface area contributed by atoms with Crippen LogP contribution in [0.1, 0.15) is 97.1 Å². The summed E-state index contributed by atoms with van der Waals surface area (Å²) in [6.45, 7) is 18.9. The molecule has 2 aliphatic rings. The van der Waals surface area contributed by atoms with Gasteiger partial charge in [0.05, 0.1) is 29.0 Å². The summed E-state index contributed by atoms with van der Waals surface area (Å²) in [7, 11) is -2.37. The number of nitrogens with zero attached hydrogens (tertiary/aromatic N) is 2. The summed E-state index contributed by atoms with van der Waals surface area (Å²) >= 11 is 0. The van der Waals surface area contributed by atoms with Crippen molar-refractivity contribution in [3.63, 3.8) is 0 Å². The molecule has 3 aromatic rings. The number of esters is 2. The van der Waals surface area contributed by atoms with Crippen LogP contribution < -0.4 is 16.2 Å². The molecular weight excluding hydrogens is 685 g/mol. The number of nitrogens with one attached hydrogen (secondary N) is 2. The summed E-state index contributed by atoms with van der Waals surface area (Å²) in [5.41, 5.74) is -0.526. The highest BCUT2D eigenvalue weighted by Gasteiger charge is 2.55. The standard InChI is InChI=1S/C38H50N4O9Si/c1-11-38(49-28(43)14-13-17-39-34(46)50-36(3,4)5)25-20-27-30-23(21-42(27)31(44)29(25)32(48-33(38)45)52(9,10)12-2)18-22-19-24(15-16-26(22)41-30)40-35(47)51-37(6,7)8/h15-16,18-20,32H,11-14,17,21H2,1-10H3,(H,39,46)(H,40,47). The Morgan fingerprint density at radius 1 is 1.00 bits per heavy atom. The van der Waals surface area contributed by atoms with Crippen LogP contribution in [0, 0.1) is 0 Å². The number of alkyl carbamates (subject to hydrolysis) is 1. The number of ether oxygens (including phenoxy) is 4. The number of hydrogen-bond acceptors (Lipinski definition) is 10. The van der Waals surface area contributed by atoms with Crippen LogP contribution in [0.3, 0.4) is 0 Å². The maximum atomic E-state index is 14.6. The maximum absolute atomic E-state index is 14.6. The zero-order chi connectivity index (χ0) is 38.4. The number of carbonyl (C=O) groups excluding carboxylic acids is 4. The molecule has 4 heterocycles. The third kappa shape index (κ3) is 7.86. The number of hydrogen-bond donors (Lipinski definition) is 2. The van der Waals surface area contributed by atoms with Crippen LogP contribution in [-0.4, -0.2) is 59.5 Å². The van der Waals surface area contributed by atoms with E-state index in [4.69, 9.17) is 23.9 Å². The summed E-state index contributed by atoms with van der Waals surface area (Å²) in [5.74, 6) is -1.37. The third-order valence-electron chi connectivity index (χ3n) is 9.33. The molecule has 2 amide bonds. The summed E-state index contributed by atoms with van der Waals surface area (Å²) in [5, 5.41) is 6.14. The van der Waals surface area contributed by atoms with E-state index in [2.05, 4.69) is 23.7 Å². The van der Waals surface area contributed by atoms with Gasteiger partial charge < -0.3 is 28.8 Å². The van der Waals surface area contributed by atoms with Gasteiger partial charge in [-0.1, -0.05) is 33.0 Å². The first-order valence-corrected chi connectivity index (χ1v) is 21.1. The number of pyridine rings is 2. The zero-order valence-electron chi connectivity index (χ0n) is 31.8. The fraction of sp³-hybridized carbons (Fsp3) is 0.526. The lowest BCUT2D eigenvalue weighted by atomic mass is 9.85. The van der Waals surface area contributed by atoms with Gasteiger partial charge in [0.1, 0.15) is 25.0 Å². The van der Waals surface area contributed by atoms with Gasteiger partial charge in [-0.25, -0.2) is 19.4 Å². The molecule has 0 fully saturated rings. The molecule has 14 heteroatoms. The molecule has 2 unspecified atom stereocenters. The van der Waals surface area contributed by atoms with Gasteiger partial charge >= 0.3 is 24.1 Å². The van der Waals surface area contributed by atoms with Crippen molar-refractivity contribution in [1.82, 2.24) is 14.9 Å². The van der Waals surface area contributed by atoms with E-state index < -0.39 is 54.7 Å². The predicted molar refractivity (Wildman–Crippen MR) is 199 cm³/mol. The largest absolute Gasteiger partial charge is 0.458 e. The predicted octanol–water partition coefficient (Wildman–Crippen LogP) is 7.09. The molecule has 280 valence electrons. The van der Waals surface area contributed by atoms with Gasteiger partial charge in [-0.05, 0) is 84.7 Å². The summed E-state index contributed by atoms with van der Waals surface area (Å²) in [6.07, 6.45) is -0.990. The summed E-state index contributed by atoms with van der Waals surface area (Å²) in [4.78, 5) is 71.4. The van der Waals surface area contributed by atoms with Crippen molar-refractivity contribution in [3.05, 3.63) is 57.4 Å². The lowest BCUT2D eigenvalue weighted by Crippen LogP contribution is -2.53. The number of anilines is 1. The Morgan fingerprint density at radius 2 is 1.67 bits per heavy atom. The lowest BCUT2D eigenvalue weighted by molar-refractivity contribution is -0.190. The van der Waals surface area contributed by atoms with Crippen molar-refractivity contribution >= 4 is 48.8 Å². The van der Waals surface area contributed by atoms with E-state index in [1.807, 2.05) is 13.0 Å². The van der Waals surface area contributed by atoms with E-state index in [1.54, 1.807) is 77.3 Å². The second-order valence-electron chi connectivity index (χ2n) is 16.1. The Morgan fingerprint density at radius 3 is 2.31 bits per heavy atom. The fourth-order valence-corrected chi connectivity index (χ4v) is 8.29. The number of amides is 2. The van der Waals surface area contributed by atoms with Gasteiger partial charge in [-0.15, -0.1) is 0 Å². The van der Waals surface area contributed by atoms with Gasteiger partial charge in [0.15, 0.2) is 0 Å². The highest BCUT2D eigenvalue weighted by molar-refractivity contribution is 6.78. The molecule has 2 atom stereocenters. The molecular formula is C38H50N4O9Si. The second kappa shape index (κ2) is 14.0. The first kappa shape index (κ1) is 38.5. The number of fused-ring (bicyclic) bond motifs is 5. The van der Waals surface area contributed by atoms with Crippen LogP contribution in [0.2, 0.25) is 19.1 Å². The summed E-state index contributed by atoms with van der Waals surface area (Å²) < 4.78 is 24.5. The molecule has 52 heavy (non-hydrogen) atoms. The number of cyclic esters (lactones) is 1. The van der Waals surface area contributed by atoms with E-state index >= 15 is 0 Å². The Hall–Kier alpha value is -4.72. The molecule has 13 nitrogen and oxygen atoms in total. The van der Waals surface area contributed by atoms with Crippen molar-refractivity contribution < 1.29 is 38.1 Å². The Labute approximate surface area is 304 Å². The molecule has 5 rings (SSSR count). The van der Waals surface area contributed by atoms with E-state index in [0.29, 0.717) is 33.7 Å². The Balaban J connectivity index is 1.51. The zero-order valence-corrected chi connectivity index (χ0v) is 32.8. The molecule has 0 saturated carbocycles. The quantitative estimate of drug-likeness (QED) is 0.0785. The molecule has 2 aromatic heterocycles. The SMILES string of the molecule is CCC1(OC(=O)CCCNC(=O)OC(C)(C)C)C(=O)OC([Si](C)(C)CC)c2c1cc1n(c2=O)Cc2cc3cc(NC(=O)OC(C)(C)C)ccc3nc2-1. The topological polar surface area (TPSA) is 164 Å². The number of carbonyl (C=O) groups is 4. The van der Waals surface area contributed by atoms with E-state index in [1.165, 1.54) is 0 Å². The van der Waals surface area contributed by atoms with Crippen LogP contribution in [0.25, 0.3) is 22.3 Å². The Bertz CT molecular complexity index is 1990. The van der Waals surface area contributed by atoms with E-state index in [0.717, 1.165) is 17.0 Å². The van der Waals surface area contributed by atoms with Gasteiger partial charge in [0.2, 0.25) is 5.60 Å². The smallest absolute Gasteiger partial charge is 0.412 e. The monoisotopic (exact) mass is 734 g/mol. The first-order chi connectivity index (χ1) is 24.2. The third-order valence-corrected chi connectivity index (χ3v) is 13.0. The molecule has 2 aliphatic heterocycles. The fourth-order valence-electron chi connectivity index (χ4n) is 6.43. The first-order valence-electron chi connectivity index (χ1n) is 17.8. The molecule has 0 spiro atoms. The van der Waals surface area contributed by atoms with Crippen molar-refractivity contribution in [1.29, 1.82) is 0 Å². The normalized spacial score (nSPS) is 18.1. The van der Waals surface area contributed by atoms with Gasteiger partial charge in [-0.3, -0.25) is 14.9 Å². The highest BCUT2D eigenvalue weighted by atomic mass is 28.3. The Kier molecular flexibility index (Phi) is 10.4. The molecule has 0 saturated heterocycles. The lowest BCUT2D eigenvalue weighted by Gasteiger charge is -2.43. The van der Waals surface area contributed by atoms with Crippen molar-refractivity contribution in [3.8, 4) is 11.4 Å². The number of rotatable bonds is 9. The van der Waals surface area contributed by atoms with Gasteiger partial charge in [0, 0.05) is 35.2 Å². The van der Waals surface area contributed by atoms with Crippen LogP contribution >= 0.6 is 0 Å². The molecule has 0 aliphatic carbocycles. The highest BCUT2D eigenvalue weighted by Crippen LogP contribution is 2.47. The summed E-state index contributed by atoms with van der Waals surface area (Å²) in [6, 6.07) is 9.75. The average Bonchev–Trinajstić information content (AvgIpc) is 3.39. The average molecular weight is 735 g/mol. The number of benzene rings is 1. The second-order valence-corrected chi connectivity index (χ2v) is 21.3. The van der Waals surface area contributed by atoms with Crippen molar-refractivity contribution in [2.24, 2.45) is 0 Å². The van der Waals surface area contributed by atoms with Crippen LogP contribution in [0.5, 0.6) is 0 Å². The molecule has 1 aromatic carbocycles. The molecule has 0 radical (unpaired) electrons. The van der Waals surface area contributed by atoms with Crippen molar-refractivity contribution in [2.75, 3.05) is 11.9 Å². The van der Waals surface area contributed by atoms with Crippen LogP contribution in [-0.2, 0) is 40.7 Å². The molecule has 0 bridgehead atoms. The van der Waals surface area contributed by atoms with E-state index in [-0.39, 0.29) is 37.9 Å². The van der Waals surface area contributed by atoms with Crippen molar-refractivity contribution in [2.45, 2.75) is 123 Å². The van der Waals surface area contributed by atoms with Crippen LogP contribution in [0.4, 0.5) is 15.3 Å². The minimum absolute atomic E-state index is 0.0376. The van der Waals surface area contributed by atoms with E-state index in [9.17, 15) is 24.0 Å². The van der Waals surface area contributed by atoms with Gasteiger partial charge in [0.25, 0.3) is 5.56 Å². The minimum Gasteiger partial charge on any atom is -0.458 e. The number of aromatic nitrogens is 2. The minimum atomic E-state index is -2.37.